The molecule has 0 rings (SSSR count). The maximum atomic E-state index is 3.59. The van der Waals surface area contributed by atoms with Gasteiger partial charge in [0.25, 0.3) is 0 Å². The summed E-state index contributed by atoms with van der Waals surface area (Å²) >= 11 is 0. The Morgan fingerprint density at radius 1 is 1.12 bits per heavy atom. The van der Waals surface area contributed by atoms with Crippen LogP contribution in [-0.4, -0.2) is 36.6 Å². The second kappa shape index (κ2) is 8.10. The van der Waals surface area contributed by atoms with Gasteiger partial charge in [-0.15, -0.1) is 0 Å². The lowest BCUT2D eigenvalue weighted by molar-refractivity contribution is 0.0502. The lowest BCUT2D eigenvalue weighted by Crippen LogP contribution is -2.60. The Morgan fingerprint density at radius 3 is 1.94 bits per heavy atom. The van der Waals surface area contributed by atoms with Crippen LogP contribution in [0, 0.1) is 5.92 Å². The molecular formula is C15H34N2. The predicted molar refractivity (Wildman–Crippen MR) is 78.5 cm³/mol. The Kier molecular flexibility index (Phi) is 8.06. The number of likely N-dealkylation sites (N-methyl/N-ethyl adjacent to an activating group) is 2. The smallest absolute Gasteiger partial charge is 0.0334 e. The van der Waals surface area contributed by atoms with Crippen molar-refractivity contribution < 1.29 is 0 Å². The Hall–Kier alpha value is -0.0800. The van der Waals surface area contributed by atoms with Crippen LogP contribution in [0.4, 0.5) is 0 Å². The van der Waals surface area contributed by atoms with E-state index in [4.69, 9.17) is 0 Å². The highest BCUT2D eigenvalue weighted by molar-refractivity contribution is 4.97. The van der Waals surface area contributed by atoms with E-state index in [-0.39, 0.29) is 5.54 Å². The quantitative estimate of drug-likeness (QED) is 0.665. The molecule has 3 unspecified atom stereocenters. The molecule has 0 radical (unpaired) electrons. The summed E-state index contributed by atoms with van der Waals surface area (Å²) < 4.78 is 0. The molecule has 0 aromatic heterocycles. The van der Waals surface area contributed by atoms with Crippen molar-refractivity contribution >= 4 is 0 Å². The van der Waals surface area contributed by atoms with E-state index in [2.05, 4.69) is 58.8 Å². The van der Waals surface area contributed by atoms with Crippen LogP contribution >= 0.6 is 0 Å². The van der Waals surface area contributed by atoms with Gasteiger partial charge in [-0.25, -0.2) is 0 Å². The first-order valence-corrected chi connectivity index (χ1v) is 7.43. The minimum atomic E-state index is 0.271. The molecule has 0 aliphatic rings. The van der Waals surface area contributed by atoms with Gasteiger partial charge < -0.3 is 5.32 Å². The second-order valence-electron chi connectivity index (χ2n) is 5.42. The SMILES string of the molecule is CCCC(C)C(NC)C(C)(CC)N(CC)CC. The van der Waals surface area contributed by atoms with Crippen molar-refractivity contribution in [2.24, 2.45) is 5.92 Å². The van der Waals surface area contributed by atoms with Gasteiger partial charge in [-0.05, 0) is 45.8 Å². The van der Waals surface area contributed by atoms with E-state index in [1.807, 2.05) is 0 Å². The van der Waals surface area contributed by atoms with Crippen LogP contribution < -0.4 is 5.32 Å². The molecule has 17 heavy (non-hydrogen) atoms. The van der Waals surface area contributed by atoms with Gasteiger partial charge in [0, 0.05) is 11.6 Å². The van der Waals surface area contributed by atoms with Crippen LogP contribution in [0.5, 0.6) is 0 Å². The highest BCUT2D eigenvalue weighted by Crippen LogP contribution is 2.29. The van der Waals surface area contributed by atoms with Gasteiger partial charge in [-0.1, -0.05) is 41.0 Å². The first kappa shape index (κ1) is 16.9. The summed E-state index contributed by atoms with van der Waals surface area (Å²) in [6.07, 6.45) is 3.79. The van der Waals surface area contributed by atoms with Crippen molar-refractivity contribution in [3.63, 3.8) is 0 Å². The molecule has 0 aromatic rings. The summed E-state index contributed by atoms with van der Waals surface area (Å²) in [4.78, 5) is 2.61. The number of hydrogen-bond acceptors (Lipinski definition) is 2. The average molecular weight is 242 g/mol. The molecule has 0 saturated carbocycles. The van der Waals surface area contributed by atoms with Crippen LogP contribution in [0.3, 0.4) is 0 Å². The fourth-order valence-corrected chi connectivity index (χ4v) is 3.42. The Bertz CT molecular complexity index is 189. The fraction of sp³-hybridized carbons (Fsp3) is 1.00. The van der Waals surface area contributed by atoms with E-state index in [1.54, 1.807) is 0 Å². The van der Waals surface area contributed by atoms with Crippen molar-refractivity contribution in [3.05, 3.63) is 0 Å². The summed E-state index contributed by atoms with van der Waals surface area (Å²) in [5.41, 5.74) is 0.271. The van der Waals surface area contributed by atoms with Crippen molar-refractivity contribution in [2.45, 2.75) is 72.4 Å². The third-order valence-electron chi connectivity index (χ3n) is 4.50. The highest BCUT2D eigenvalue weighted by Gasteiger charge is 2.38. The van der Waals surface area contributed by atoms with Gasteiger partial charge in [-0.2, -0.15) is 0 Å². The van der Waals surface area contributed by atoms with Crippen LogP contribution in [0.25, 0.3) is 0 Å². The van der Waals surface area contributed by atoms with Crippen LogP contribution in [-0.2, 0) is 0 Å². The predicted octanol–water partition coefficient (Wildman–Crippen LogP) is 3.52. The molecule has 0 amide bonds. The topological polar surface area (TPSA) is 15.3 Å². The zero-order valence-electron chi connectivity index (χ0n) is 13.1. The third kappa shape index (κ3) is 3.96. The second-order valence-corrected chi connectivity index (χ2v) is 5.42. The van der Waals surface area contributed by atoms with E-state index >= 15 is 0 Å². The Labute approximate surface area is 109 Å². The van der Waals surface area contributed by atoms with E-state index in [1.165, 1.54) is 19.3 Å². The first-order valence-electron chi connectivity index (χ1n) is 7.43. The van der Waals surface area contributed by atoms with Crippen molar-refractivity contribution in [2.75, 3.05) is 20.1 Å². The summed E-state index contributed by atoms with van der Waals surface area (Å²) in [7, 11) is 2.12. The van der Waals surface area contributed by atoms with E-state index in [0.29, 0.717) is 6.04 Å². The Balaban J connectivity index is 5.00. The molecule has 2 nitrogen and oxygen atoms in total. The van der Waals surface area contributed by atoms with Gasteiger partial charge in [0.05, 0.1) is 0 Å². The summed E-state index contributed by atoms with van der Waals surface area (Å²) in [6, 6.07) is 0.576. The molecule has 0 spiro atoms. The van der Waals surface area contributed by atoms with Gasteiger partial charge >= 0.3 is 0 Å². The molecule has 2 heteroatoms. The molecule has 0 heterocycles. The van der Waals surface area contributed by atoms with E-state index in [9.17, 15) is 0 Å². The summed E-state index contributed by atoms with van der Waals surface area (Å²) in [5, 5.41) is 3.59. The monoisotopic (exact) mass is 242 g/mol. The normalized spacial score (nSPS) is 19.1. The molecular weight excluding hydrogens is 208 g/mol. The van der Waals surface area contributed by atoms with Crippen molar-refractivity contribution in [1.82, 2.24) is 10.2 Å². The van der Waals surface area contributed by atoms with Gasteiger partial charge in [0.1, 0.15) is 0 Å². The molecule has 3 atom stereocenters. The minimum absolute atomic E-state index is 0.271. The van der Waals surface area contributed by atoms with Gasteiger partial charge in [-0.3, -0.25) is 4.90 Å². The van der Waals surface area contributed by atoms with Crippen LogP contribution in [0.15, 0.2) is 0 Å². The minimum Gasteiger partial charge on any atom is -0.315 e. The fourth-order valence-electron chi connectivity index (χ4n) is 3.42. The molecule has 104 valence electrons. The number of nitrogens with zero attached hydrogens (tertiary/aromatic N) is 1. The molecule has 0 saturated heterocycles. The maximum Gasteiger partial charge on any atom is 0.0334 e. The molecule has 0 bridgehead atoms. The van der Waals surface area contributed by atoms with E-state index in [0.717, 1.165) is 19.0 Å². The number of hydrogen-bond donors (Lipinski definition) is 1. The number of rotatable bonds is 9. The third-order valence-corrected chi connectivity index (χ3v) is 4.50. The summed E-state index contributed by atoms with van der Waals surface area (Å²) in [5.74, 6) is 0.732. The maximum absolute atomic E-state index is 3.59. The highest BCUT2D eigenvalue weighted by atomic mass is 15.2. The summed E-state index contributed by atoms with van der Waals surface area (Å²) in [6.45, 7) is 16.2. The molecule has 0 aliphatic carbocycles. The van der Waals surface area contributed by atoms with Crippen LogP contribution in [0.1, 0.15) is 60.8 Å². The zero-order chi connectivity index (χ0) is 13.5. The first-order chi connectivity index (χ1) is 8.01. The van der Waals surface area contributed by atoms with Crippen molar-refractivity contribution in [1.29, 1.82) is 0 Å². The molecule has 1 N–H and O–H groups in total. The molecule has 0 aromatic carbocycles. The zero-order valence-corrected chi connectivity index (χ0v) is 13.1. The lowest BCUT2D eigenvalue weighted by Gasteiger charge is -2.48. The molecule has 0 fully saturated rings. The standard InChI is InChI=1S/C15H34N2/c1-8-12-13(5)14(16-7)15(6,9-2)17(10-3)11-4/h13-14,16H,8-12H2,1-7H3. The average Bonchev–Trinajstić information content (AvgIpc) is 2.31. The van der Waals surface area contributed by atoms with Gasteiger partial charge in [0.2, 0.25) is 0 Å². The largest absolute Gasteiger partial charge is 0.315 e. The lowest BCUT2D eigenvalue weighted by atomic mass is 9.78. The number of nitrogens with one attached hydrogen (secondary N) is 1. The van der Waals surface area contributed by atoms with E-state index < -0.39 is 0 Å². The Morgan fingerprint density at radius 2 is 1.65 bits per heavy atom. The van der Waals surface area contributed by atoms with Crippen molar-refractivity contribution in [3.8, 4) is 0 Å². The molecule has 0 aliphatic heterocycles. The van der Waals surface area contributed by atoms with Crippen LogP contribution in [0.2, 0.25) is 0 Å². The van der Waals surface area contributed by atoms with Gasteiger partial charge in [0.15, 0.2) is 0 Å².